The molecule has 0 aliphatic carbocycles. The molecule has 1 aromatic rings. The fourth-order valence-corrected chi connectivity index (χ4v) is 3.20. The van der Waals surface area contributed by atoms with E-state index in [9.17, 15) is 9.59 Å². The number of hydrogen-bond donors (Lipinski definition) is 1. The smallest absolute Gasteiger partial charge is 0.411 e. The molecule has 2 atom stereocenters. The largest absolute Gasteiger partial charge is 0.481 e. The summed E-state index contributed by atoms with van der Waals surface area (Å²) in [6, 6.07) is -0.0624. The molecule has 10 nitrogen and oxygen atoms in total. The Morgan fingerprint density at radius 2 is 2.03 bits per heavy atom. The van der Waals surface area contributed by atoms with Gasteiger partial charge in [-0.2, -0.15) is 10.5 Å². The first-order valence-corrected chi connectivity index (χ1v) is 9.94. The van der Waals surface area contributed by atoms with Crippen LogP contribution in [0.15, 0.2) is 18.7 Å². The van der Waals surface area contributed by atoms with Gasteiger partial charge in [0.1, 0.15) is 5.60 Å². The van der Waals surface area contributed by atoms with Crippen LogP contribution < -0.4 is 15.0 Å². The molecule has 2 rings (SSSR count). The Morgan fingerprint density at radius 1 is 1.32 bits per heavy atom. The summed E-state index contributed by atoms with van der Waals surface area (Å²) in [5, 5.41) is 0. The third kappa shape index (κ3) is 5.86. The zero-order valence-corrected chi connectivity index (χ0v) is 18.9. The molecule has 0 bridgehead atoms. The van der Waals surface area contributed by atoms with E-state index in [4.69, 9.17) is 23.8 Å². The molecule has 1 aliphatic heterocycles. The second-order valence-corrected chi connectivity index (χ2v) is 7.73. The molecule has 31 heavy (non-hydrogen) atoms. The van der Waals surface area contributed by atoms with Gasteiger partial charge in [0.05, 0.1) is 33.5 Å². The number of nitrogens with one attached hydrogen (secondary N) is 1. The predicted octanol–water partition coefficient (Wildman–Crippen LogP) is 2.70. The Labute approximate surface area is 182 Å². The molecule has 1 aromatic heterocycles. The topological polar surface area (TPSA) is 108 Å². The number of carbonyl (C=O) groups is 2. The number of esters is 1. The molecule has 0 radical (unpaired) electrons. The number of hydroxylamine groups is 1. The van der Waals surface area contributed by atoms with Crippen molar-refractivity contribution in [3.8, 4) is 11.8 Å². The predicted molar refractivity (Wildman–Crippen MR) is 112 cm³/mol. The van der Waals surface area contributed by atoms with E-state index < -0.39 is 29.7 Å². The number of amides is 1. The second-order valence-electron chi connectivity index (χ2n) is 7.73. The van der Waals surface area contributed by atoms with Crippen LogP contribution in [0.3, 0.4) is 0 Å². The molecule has 0 fully saturated rings. The van der Waals surface area contributed by atoms with Crippen molar-refractivity contribution in [1.29, 1.82) is 0 Å². The highest BCUT2D eigenvalue weighted by Gasteiger charge is 2.45. The van der Waals surface area contributed by atoms with Gasteiger partial charge < -0.3 is 18.9 Å². The number of hydrogen-bond acceptors (Lipinski definition) is 9. The van der Waals surface area contributed by atoms with Crippen LogP contribution in [0.4, 0.5) is 4.79 Å². The maximum absolute atomic E-state index is 13.1. The number of aromatic nitrogens is 1. The summed E-state index contributed by atoms with van der Waals surface area (Å²) in [6.07, 6.45) is 0.911. The highest BCUT2D eigenvalue weighted by molar-refractivity contribution is 5.84. The van der Waals surface area contributed by atoms with Gasteiger partial charge in [-0.3, -0.25) is 9.74 Å². The van der Waals surface area contributed by atoms with Gasteiger partial charge in [-0.25, -0.2) is 9.59 Å². The summed E-state index contributed by atoms with van der Waals surface area (Å²) in [4.78, 5) is 37.1. The first kappa shape index (κ1) is 24.4. The first-order valence-electron chi connectivity index (χ1n) is 9.94. The fraction of sp³-hybridized carbons (Fsp3) is 0.571. The number of rotatable bonds is 8. The highest BCUT2D eigenvalue weighted by atomic mass is 16.6. The molecule has 2 unspecified atom stereocenters. The molecule has 1 amide bonds. The lowest BCUT2D eigenvalue weighted by Crippen LogP contribution is -2.50. The number of nitrogens with zero attached hydrogens (tertiary/aromatic N) is 2. The Hall–Kier alpha value is -2.85. The normalized spacial score (nSPS) is 18.1. The van der Waals surface area contributed by atoms with E-state index in [1.807, 2.05) is 0 Å². The highest BCUT2D eigenvalue weighted by Crippen LogP contribution is 2.42. The molecule has 0 saturated carbocycles. The second kappa shape index (κ2) is 10.5. The molecule has 172 valence electrons. The van der Waals surface area contributed by atoms with Crippen LogP contribution >= 0.6 is 0 Å². The molecule has 1 N–H and O–H groups in total. The molecule has 2 heterocycles. The average Bonchev–Trinajstić information content (AvgIpc) is 2.71. The minimum absolute atomic E-state index is 0.0485. The summed E-state index contributed by atoms with van der Waals surface area (Å²) in [5.41, 5.74) is 3.14. The minimum Gasteiger partial charge on any atom is -0.481 e. The monoisotopic (exact) mass is 437 g/mol. The Morgan fingerprint density at radius 3 is 2.58 bits per heavy atom. The zero-order valence-electron chi connectivity index (χ0n) is 18.9. The molecule has 10 heteroatoms. The van der Waals surface area contributed by atoms with E-state index >= 15 is 0 Å². The maximum atomic E-state index is 13.1. The van der Waals surface area contributed by atoms with E-state index in [2.05, 4.69) is 17.0 Å². The van der Waals surface area contributed by atoms with Crippen LogP contribution in [-0.2, 0) is 19.1 Å². The summed E-state index contributed by atoms with van der Waals surface area (Å²) in [6.45, 7) is 11.0. The third-order valence-corrected chi connectivity index (χ3v) is 4.33. The van der Waals surface area contributed by atoms with E-state index in [0.717, 1.165) is 0 Å². The lowest BCUT2D eigenvalue weighted by Gasteiger charge is -2.40. The van der Waals surface area contributed by atoms with Gasteiger partial charge in [0.15, 0.2) is 6.04 Å². The van der Waals surface area contributed by atoms with Crippen LogP contribution in [0.1, 0.15) is 50.9 Å². The van der Waals surface area contributed by atoms with Crippen molar-refractivity contribution in [3.63, 3.8) is 0 Å². The summed E-state index contributed by atoms with van der Waals surface area (Å²) in [5.74, 6) is -0.135. The zero-order chi connectivity index (χ0) is 23.2. The van der Waals surface area contributed by atoms with E-state index in [1.165, 1.54) is 19.1 Å². The van der Waals surface area contributed by atoms with Crippen LogP contribution in [0.2, 0.25) is 0 Å². The van der Waals surface area contributed by atoms with Crippen LogP contribution in [0, 0.1) is 0 Å². The van der Waals surface area contributed by atoms with E-state index in [-0.39, 0.29) is 31.5 Å². The maximum Gasteiger partial charge on any atom is 0.411 e. The Kier molecular flexibility index (Phi) is 8.23. The van der Waals surface area contributed by atoms with Crippen molar-refractivity contribution in [3.05, 3.63) is 29.8 Å². The number of methoxy groups -OCH3 is 2. The summed E-state index contributed by atoms with van der Waals surface area (Å²) in [7, 11) is 2.91. The molecule has 0 aromatic carbocycles. The van der Waals surface area contributed by atoms with Crippen LogP contribution in [-0.4, -0.2) is 61.5 Å². The number of ether oxygens (including phenoxy) is 4. The lowest BCUT2D eigenvalue weighted by molar-refractivity contribution is -0.150. The Balaban J connectivity index is 2.64. The van der Waals surface area contributed by atoms with Gasteiger partial charge in [0.25, 0.3) is 0 Å². The molecular formula is C21H31N3O7. The van der Waals surface area contributed by atoms with Gasteiger partial charge in [-0.05, 0) is 27.7 Å². The van der Waals surface area contributed by atoms with Crippen molar-refractivity contribution < 1.29 is 33.4 Å². The lowest BCUT2D eigenvalue weighted by atomic mass is 9.90. The molecule has 1 aliphatic rings. The number of pyridine rings is 1. The van der Waals surface area contributed by atoms with Crippen molar-refractivity contribution in [2.75, 3.05) is 34.0 Å². The summed E-state index contributed by atoms with van der Waals surface area (Å²) < 4.78 is 21.6. The minimum atomic E-state index is -1.08. The van der Waals surface area contributed by atoms with E-state index in [0.29, 0.717) is 11.1 Å². The number of carbonyl (C=O) groups excluding carboxylic acids is 2. The van der Waals surface area contributed by atoms with Crippen molar-refractivity contribution >= 4 is 12.1 Å². The number of fused-ring (bicyclic) bond motifs is 1. The molecule has 0 spiro atoms. The standard InChI is InChI=1S/C21H31N3O7/c1-8-10-30-23-14-12-24(20(26)31-21(3,4)5)17(19(25)29-9-2)13-11-15(27-6)22-18(28-7)16(13)14/h8,11,14,17,23H,1,9-10,12H2,2-7H3. The molecule has 0 saturated heterocycles. The van der Waals surface area contributed by atoms with Crippen LogP contribution in [0.5, 0.6) is 11.8 Å². The SMILES string of the molecule is C=CCONC1CN(C(=O)OC(C)(C)C)C(C(=O)OCC)c2cc(OC)nc(OC)c21. The quantitative estimate of drug-likeness (QED) is 0.284. The Bertz CT molecular complexity index is 807. The molecular weight excluding hydrogens is 406 g/mol. The third-order valence-electron chi connectivity index (χ3n) is 4.33. The van der Waals surface area contributed by atoms with E-state index in [1.54, 1.807) is 39.8 Å². The van der Waals surface area contributed by atoms with Gasteiger partial charge >= 0.3 is 12.1 Å². The van der Waals surface area contributed by atoms with Crippen molar-refractivity contribution in [1.82, 2.24) is 15.4 Å². The van der Waals surface area contributed by atoms with Crippen molar-refractivity contribution in [2.24, 2.45) is 0 Å². The average molecular weight is 437 g/mol. The fourth-order valence-electron chi connectivity index (χ4n) is 3.20. The van der Waals surface area contributed by atoms with Crippen molar-refractivity contribution in [2.45, 2.75) is 45.4 Å². The van der Waals surface area contributed by atoms with Gasteiger partial charge in [-0.15, -0.1) is 6.58 Å². The van der Waals surface area contributed by atoms with Crippen LogP contribution in [0.25, 0.3) is 0 Å². The van der Waals surface area contributed by atoms with Gasteiger partial charge in [0.2, 0.25) is 11.8 Å². The summed E-state index contributed by atoms with van der Waals surface area (Å²) >= 11 is 0. The van der Waals surface area contributed by atoms with Gasteiger partial charge in [0, 0.05) is 23.7 Å². The van der Waals surface area contributed by atoms with Gasteiger partial charge in [-0.1, -0.05) is 6.08 Å². The first-order chi connectivity index (χ1) is 14.7.